The maximum atomic E-state index is 12.0. The molecule has 19 heavy (non-hydrogen) atoms. The summed E-state index contributed by atoms with van der Waals surface area (Å²) in [4.78, 5) is 12.0. The van der Waals surface area contributed by atoms with Crippen LogP contribution in [-0.2, 0) is 16.1 Å². The highest BCUT2D eigenvalue weighted by molar-refractivity contribution is 7.17. The number of thiophene rings is 1. The molecule has 0 aliphatic heterocycles. The number of benzene rings is 1. The lowest BCUT2D eigenvalue weighted by Gasteiger charge is -2.16. The van der Waals surface area contributed by atoms with E-state index in [1.807, 2.05) is 12.1 Å². The van der Waals surface area contributed by atoms with Crippen LogP contribution in [0.1, 0.15) is 24.8 Å². The van der Waals surface area contributed by atoms with Crippen LogP contribution in [-0.4, -0.2) is 5.97 Å². The Bertz CT molecular complexity index is 612. The van der Waals surface area contributed by atoms with Crippen LogP contribution in [0.15, 0.2) is 41.8 Å². The van der Waals surface area contributed by atoms with Gasteiger partial charge < -0.3 is 4.74 Å². The lowest BCUT2D eigenvalue weighted by atomic mass is 9.95. The molecule has 0 saturated carbocycles. The molecule has 0 N–H and O–H groups in total. The normalized spacial score (nSPS) is 18.6. The second-order valence-electron chi connectivity index (χ2n) is 4.85. The maximum absolute atomic E-state index is 12.0. The van der Waals surface area contributed by atoms with Crippen LogP contribution in [0.3, 0.4) is 0 Å². The molecule has 3 rings (SSSR count). The molecular formula is C16H16O2S. The number of allylic oxidation sites excluding steroid dienone is 2. The van der Waals surface area contributed by atoms with Gasteiger partial charge in [0.2, 0.25) is 0 Å². The molecule has 1 aliphatic carbocycles. The van der Waals surface area contributed by atoms with Gasteiger partial charge in [-0.25, -0.2) is 0 Å². The maximum Gasteiger partial charge on any atom is 0.309 e. The summed E-state index contributed by atoms with van der Waals surface area (Å²) in [6.45, 7) is 0.392. The standard InChI is InChI=1S/C16H16O2S/c17-16(12-6-2-1-3-7-12)18-10-13-11-19-15-9-5-4-8-14(13)15/h1-2,4-5,8-9,11-12H,3,6-7,10H2. The number of carbonyl (C=O) groups excluding carboxylic acids is 1. The van der Waals surface area contributed by atoms with Crippen LogP contribution in [0.5, 0.6) is 0 Å². The van der Waals surface area contributed by atoms with Crippen LogP contribution >= 0.6 is 11.3 Å². The summed E-state index contributed by atoms with van der Waals surface area (Å²) in [5.74, 6) is -0.00506. The average Bonchev–Trinajstić information content (AvgIpc) is 2.89. The summed E-state index contributed by atoms with van der Waals surface area (Å²) in [5, 5.41) is 3.28. The van der Waals surface area contributed by atoms with E-state index in [4.69, 9.17) is 4.74 Å². The minimum Gasteiger partial charge on any atom is -0.461 e. The van der Waals surface area contributed by atoms with E-state index in [1.54, 1.807) is 11.3 Å². The fourth-order valence-corrected chi connectivity index (χ4v) is 3.37. The molecule has 0 saturated heterocycles. The van der Waals surface area contributed by atoms with Gasteiger partial charge in [0.05, 0.1) is 5.92 Å². The van der Waals surface area contributed by atoms with E-state index < -0.39 is 0 Å². The number of hydrogen-bond donors (Lipinski definition) is 0. The highest BCUT2D eigenvalue weighted by Gasteiger charge is 2.20. The van der Waals surface area contributed by atoms with Crippen molar-refractivity contribution < 1.29 is 9.53 Å². The Balaban J connectivity index is 1.65. The third-order valence-electron chi connectivity index (χ3n) is 3.53. The predicted octanol–water partition coefficient (Wildman–Crippen LogP) is 4.30. The number of hydrogen-bond acceptors (Lipinski definition) is 3. The molecule has 98 valence electrons. The van der Waals surface area contributed by atoms with Crippen molar-refractivity contribution in [2.45, 2.75) is 25.9 Å². The van der Waals surface area contributed by atoms with E-state index in [-0.39, 0.29) is 11.9 Å². The number of fused-ring (bicyclic) bond motifs is 1. The highest BCUT2D eigenvalue weighted by atomic mass is 32.1. The van der Waals surface area contributed by atoms with Crippen molar-refractivity contribution in [3.8, 4) is 0 Å². The van der Waals surface area contributed by atoms with Crippen LogP contribution in [0.25, 0.3) is 10.1 Å². The third kappa shape index (κ3) is 2.71. The van der Waals surface area contributed by atoms with Crippen LogP contribution in [0, 0.1) is 5.92 Å². The van der Waals surface area contributed by atoms with Gasteiger partial charge in [0.25, 0.3) is 0 Å². The van der Waals surface area contributed by atoms with Gasteiger partial charge in [-0.1, -0.05) is 30.4 Å². The number of esters is 1. The van der Waals surface area contributed by atoms with E-state index in [9.17, 15) is 4.79 Å². The van der Waals surface area contributed by atoms with Crippen molar-refractivity contribution in [3.05, 3.63) is 47.4 Å². The van der Waals surface area contributed by atoms with Gasteiger partial charge >= 0.3 is 5.97 Å². The van der Waals surface area contributed by atoms with Gasteiger partial charge in [0.1, 0.15) is 6.61 Å². The lowest BCUT2D eigenvalue weighted by Crippen LogP contribution is -2.18. The zero-order valence-electron chi connectivity index (χ0n) is 10.7. The van der Waals surface area contributed by atoms with Crippen LogP contribution < -0.4 is 0 Å². The van der Waals surface area contributed by atoms with Crippen molar-refractivity contribution >= 4 is 27.4 Å². The van der Waals surface area contributed by atoms with Crippen molar-refractivity contribution in [3.63, 3.8) is 0 Å². The van der Waals surface area contributed by atoms with Crippen LogP contribution in [0.2, 0.25) is 0 Å². The Morgan fingerprint density at radius 3 is 3.05 bits per heavy atom. The summed E-state index contributed by atoms with van der Waals surface area (Å²) >= 11 is 1.70. The van der Waals surface area contributed by atoms with Gasteiger partial charge in [-0.2, -0.15) is 0 Å². The lowest BCUT2D eigenvalue weighted by molar-refractivity contribution is -0.150. The van der Waals surface area contributed by atoms with E-state index in [0.29, 0.717) is 6.61 Å². The third-order valence-corrected chi connectivity index (χ3v) is 4.55. The van der Waals surface area contributed by atoms with Gasteiger partial charge in [-0.15, -0.1) is 11.3 Å². The number of carbonyl (C=O) groups is 1. The Labute approximate surface area is 116 Å². The SMILES string of the molecule is O=C(OCc1csc2ccccc12)C1CC=CCC1. The largest absolute Gasteiger partial charge is 0.461 e. The molecular weight excluding hydrogens is 256 g/mol. The quantitative estimate of drug-likeness (QED) is 0.615. The minimum absolute atomic E-state index is 0.0508. The van der Waals surface area contributed by atoms with Crippen molar-refractivity contribution in [1.82, 2.24) is 0 Å². The molecule has 1 atom stereocenters. The van der Waals surface area contributed by atoms with E-state index in [1.165, 1.54) is 10.1 Å². The summed E-state index contributed by atoms with van der Waals surface area (Å²) in [6.07, 6.45) is 6.94. The first-order valence-electron chi connectivity index (χ1n) is 6.61. The van der Waals surface area contributed by atoms with Crippen molar-refractivity contribution in [2.75, 3.05) is 0 Å². The second-order valence-corrected chi connectivity index (χ2v) is 5.76. The highest BCUT2D eigenvalue weighted by Crippen LogP contribution is 2.27. The monoisotopic (exact) mass is 272 g/mol. The zero-order chi connectivity index (χ0) is 13.1. The van der Waals surface area contributed by atoms with Gasteiger partial charge in [0.15, 0.2) is 0 Å². The molecule has 2 aromatic rings. The number of ether oxygens (including phenoxy) is 1. The van der Waals surface area contributed by atoms with Crippen LogP contribution in [0.4, 0.5) is 0 Å². The number of rotatable bonds is 3. The smallest absolute Gasteiger partial charge is 0.309 e. The van der Waals surface area contributed by atoms with E-state index in [0.717, 1.165) is 24.8 Å². The summed E-state index contributed by atoms with van der Waals surface area (Å²) in [6, 6.07) is 8.23. The summed E-state index contributed by atoms with van der Waals surface area (Å²) < 4.78 is 6.71. The van der Waals surface area contributed by atoms with Gasteiger partial charge in [-0.3, -0.25) is 4.79 Å². The molecule has 0 fully saturated rings. The van der Waals surface area contributed by atoms with Crippen molar-refractivity contribution in [2.24, 2.45) is 5.92 Å². The van der Waals surface area contributed by atoms with Gasteiger partial charge in [0, 0.05) is 10.3 Å². The Morgan fingerprint density at radius 2 is 2.21 bits per heavy atom. The van der Waals surface area contributed by atoms with Crippen molar-refractivity contribution in [1.29, 1.82) is 0 Å². The first-order chi connectivity index (χ1) is 9.34. The summed E-state index contributed by atoms with van der Waals surface area (Å²) in [7, 11) is 0. The molecule has 1 aliphatic rings. The summed E-state index contributed by atoms with van der Waals surface area (Å²) in [5.41, 5.74) is 1.11. The first kappa shape index (κ1) is 12.4. The molecule has 0 spiro atoms. The molecule has 1 aromatic heterocycles. The molecule has 1 unspecified atom stereocenters. The second kappa shape index (κ2) is 5.57. The topological polar surface area (TPSA) is 26.3 Å². The molecule has 0 radical (unpaired) electrons. The van der Waals surface area contributed by atoms with E-state index in [2.05, 4.69) is 29.7 Å². The molecule has 1 aromatic carbocycles. The minimum atomic E-state index is -0.0559. The van der Waals surface area contributed by atoms with E-state index >= 15 is 0 Å². The fourth-order valence-electron chi connectivity index (χ4n) is 2.42. The Morgan fingerprint density at radius 1 is 1.32 bits per heavy atom. The molecule has 2 nitrogen and oxygen atoms in total. The average molecular weight is 272 g/mol. The zero-order valence-corrected chi connectivity index (χ0v) is 11.5. The Kier molecular flexibility index (Phi) is 3.65. The Hall–Kier alpha value is -1.61. The predicted molar refractivity (Wildman–Crippen MR) is 78.1 cm³/mol. The fraction of sp³-hybridized carbons (Fsp3) is 0.312. The molecule has 1 heterocycles. The van der Waals surface area contributed by atoms with Gasteiger partial charge in [-0.05, 0) is 36.1 Å². The first-order valence-corrected chi connectivity index (χ1v) is 7.49. The molecule has 0 amide bonds. The molecule has 0 bridgehead atoms. The molecule has 3 heteroatoms.